The van der Waals surface area contributed by atoms with Crippen LogP contribution in [0.5, 0.6) is 11.5 Å². The maximum Gasteiger partial charge on any atom is 0.129 e. The lowest BCUT2D eigenvalue weighted by Gasteiger charge is -2.39. The molecule has 0 saturated heterocycles. The first kappa shape index (κ1) is 27.8. The van der Waals surface area contributed by atoms with Crippen LogP contribution >= 0.6 is 35.0 Å². The summed E-state index contributed by atoms with van der Waals surface area (Å²) in [7, 11) is 0. The molecule has 0 unspecified atom stereocenters. The fraction of sp³-hybridized carbons (Fsp3) is 0.400. The van der Waals surface area contributed by atoms with Crippen molar-refractivity contribution in [3.63, 3.8) is 0 Å². The Hall–Kier alpha value is -1.27. The molecule has 0 radical (unpaired) electrons. The van der Waals surface area contributed by atoms with Gasteiger partial charge in [0, 0.05) is 23.1 Å². The number of halogens is 2. The van der Waals surface area contributed by atoms with Gasteiger partial charge in [0.1, 0.15) is 11.5 Å². The van der Waals surface area contributed by atoms with Crippen LogP contribution in [0.15, 0.2) is 46.2 Å². The molecule has 7 N–H and O–H groups in total. The third kappa shape index (κ3) is 8.30. The van der Waals surface area contributed by atoms with E-state index in [1.807, 2.05) is 0 Å². The number of aromatic hydroxyl groups is 2. The van der Waals surface area contributed by atoms with Crippen LogP contribution in [0, 0.1) is 0 Å². The van der Waals surface area contributed by atoms with Gasteiger partial charge < -0.3 is 35.7 Å². The fourth-order valence-electron chi connectivity index (χ4n) is 2.54. The Morgan fingerprint density at radius 2 is 1.10 bits per heavy atom. The molecule has 0 aliphatic heterocycles. The average Bonchev–Trinajstić information content (AvgIpc) is 2.76. The van der Waals surface area contributed by atoms with Crippen LogP contribution in [0.1, 0.15) is 0 Å². The van der Waals surface area contributed by atoms with Crippen molar-refractivity contribution in [2.45, 2.75) is 15.3 Å². The molecule has 174 valence electrons. The number of rotatable bonds is 10. The van der Waals surface area contributed by atoms with Crippen LogP contribution in [0.4, 0.5) is 0 Å². The van der Waals surface area contributed by atoms with Crippen molar-refractivity contribution in [1.29, 1.82) is 0 Å². The van der Waals surface area contributed by atoms with Gasteiger partial charge in [0.15, 0.2) is 0 Å². The van der Waals surface area contributed by atoms with E-state index in [1.54, 1.807) is 24.3 Å². The number of hydrogen-bond acceptors (Lipinski definition) is 9. The van der Waals surface area contributed by atoms with Crippen LogP contribution in [-0.4, -0.2) is 92.3 Å². The van der Waals surface area contributed by atoms with Gasteiger partial charge in [-0.25, -0.2) is 0 Å². The summed E-state index contributed by atoms with van der Waals surface area (Å²) in [5, 5.41) is 65.1. The van der Waals surface area contributed by atoms with Crippen LogP contribution in [0.2, 0.25) is 10.0 Å². The molecule has 0 aliphatic rings. The summed E-state index contributed by atoms with van der Waals surface area (Å²) in [4.78, 5) is 2.60. The molecule has 2 rings (SSSR count). The van der Waals surface area contributed by atoms with E-state index in [9.17, 15) is 10.2 Å². The number of benzene rings is 2. The van der Waals surface area contributed by atoms with Crippen molar-refractivity contribution in [2.24, 2.45) is 0 Å². The summed E-state index contributed by atoms with van der Waals surface area (Å²) < 4.78 is 0. The number of aliphatic hydroxyl groups is 5. The zero-order valence-electron chi connectivity index (χ0n) is 16.7. The Morgan fingerprint density at radius 1 is 0.710 bits per heavy atom. The third-order valence-electron chi connectivity index (χ3n) is 4.36. The molecule has 0 aliphatic carbocycles. The molecule has 2 aromatic rings. The zero-order valence-corrected chi connectivity index (χ0v) is 19.0. The summed E-state index contributed by atoms with van der Waals surface area (Å²) >= 11 is 12.9. The SMILES string of the molecule is OCCN(CCO)C(CO)(CO)CO.Oc1ccc(Cl)cc1Sc1cc(Cl)ccc1O. The van der Waals surface area contributed by atoms with E-state index in [1.165, 1.54) is 28.8 Å². The van der Waals surface area contributed by atoms with E-state index >= 15 is 0 Å². The predicted octanol–water partition coefficient (Wildman–Crippen LogP) is 1.54. The molecule has 8 nitrogen and oxygen atoms in total. The van der Waals surface area contributed by atoms with Crippen molar-refractivity contribution in [2.75, 3.05) is 46.1 Å². The minimum Gasteiger partial charge on any atom is -0.507 e. The Labute approximate surface area is 194 Å². The number of nitrogens with zero attached hydrogens (tertiary/aromatic N) is 1. The summed E-state index contributed by atoms with van der Waals surface area (Å²) in [5.74, 6) is 0.220. The van der Waals surface area contributed by atoms with Crippen LogP contribution < -0.4 is 0 Å². The fourth-order valence-corrected chi connectivity index (χ4v) is 3.96. The van der Waals surface area contributed by atoms with E-state index in [2.05, 4.69) is 0 Å². The van der Waals surface area contributed by atoms with E-state index in [-0.39, 0.29) is 37.8 Å². The molecule has 0 aromatic heterocycles. The highest BCUT2D eigenvalue weighted by Crippen LogP contribution is 2.40. The minimum absolute atomic E-state index is 0.110. The first-order valence-electron chi connectivity index (χ1n) is 9.21. The van der Waals surface area contributed by atoms with Crippen LogP contribution in [0.25, 0.3) is 0 Å². The van der Waals surface area contributed by atoms with Crippen molar-refractivity contribution in [3.05, 3.63) is 46.4 Å². The second-order valence-corrected chi connectivity index (χ2v) is 8.42. The number of phenols is 2. The van der Waals surface area contributed by atoms with Gasteiger partial charge in [0.05, 0.1) is 48.4 Å². The van der Waals surface area contributed by atoms with Crippen molar-refractivity contribution in [3.8, 4) is 11.5 Å². The molecule has 0 amide bonds. The highest BCUT2D eigenvalue weighted by Gasteiger charge is 2.34. The molecule has 31 heavy (non-hydrogen) atoms. The number of phenolic OH excluding ortho intramolecular Hbond substituents is 2. The van der Waals surface area contributed by atoms with Gasteiger partial charge in [-0.3, -0.25) is 4.90 Å². The van der Waals surface area contributed by atoms with E-state index in [0.29, 0.717) is 19.8 Å². The standard InChI is InChI=1S/C12H8Cl2O2S.C8H19NO5/c13-7-1-3-9(15)11(5-7)17-12-6-8(14)2-4-10(12)16;10-3-1-9(2-4-11)8(5-12,6-13)7-14/h1-6,15-16H;10-14H,1-7H2. The topological polar surface area (TPSA) is 145 Å². The van der Waals surface area contributed by atoms with Gasteiger partial charge in [0.2, 0.25) is 0 Å². The van der Waals surface area contributed by atoms with Crippen LogP contribution in [0.3, 0.4) is 0 Å². The highest BCUT2D eigenvalue weighted by atomic mass is 35.5. The first-order chi connectivity index (χ1) is 14.8. The molecule has 0 heterocycles. The quantitative estimate of drug-likeness (QED) is 0.261. The van der Waals surface area contributed by atoms with E-state index in [0.717, 1.165) is 0 Å². The lowest BCUT2D eigenvalue weighted by Crippen LogP contribution is -2.58. The van der Waals surface area contributed by atoms with Crippen molar-refractivity contribution < 1.29 is 35.7 Å². The lowest BCUT2D eigenvalue weighted by molar-refractivity contribution is -0.0578. The van der Waals surface area contributed by atoms with Gasteiger partial charge in [-0.05, 0) is 36.4 Å². The Kier molecular flexibility index (Phi) is 12.5. The molecule has 0 fully saturated rings. The Bertz CT molecular complexity index is 745. The molecule has 11 heteroatoms. The van der Waals surface area contributed by atoms with Crippen LogP contribution in [-0.2, 0) is 0 Å². The highest BCUT2D eigenvalue weighted by molar-refractivity contribution is 7.99. The second-order valence-electron chi connectivity index (χ2n) is 6.46. The Balaban J connectivity index is 0.000000318. The minimum atomic E-state index is -1.18. The van der Waals surface area contributed by atoms with Crippen molar-refractivity contribution >= 4 is 35.0 Å². The summed E-state index contributed by atoms with van der Waals surface area (Å²) in [6, 6.07) is 9.46. The summed E-state index contributed by atoms with van der Waals surface area (Å²) in [6.45, 7) is -1.26. The Morgan fingerprint density at radius 3 is 1.42 bits per heavy atom. The third-order valence-corrected chi connectivity index (χ3v) is 5.92. The zero-order chi connectivity index (χ0) is 23.4. The number of β-amino-alcohol motifs (C(OH)–C–C–N with tert-alkyl or cyclic N) is 2. The summed E-state index contributed by atoms with van der Waals surface area (Å²) in [6.07, 6.45) is 0. The number of aliphatic hydroxyl groups excluding tert-OH is 5. The molecule has 2 aromatic carbocycles. The van der Waals surface area contributed by atoms with Crippen molar-refractivity contribution in [1.82, 2.24) is 4.90 Å². The molecular weight excluding hydrogens is 469 g/mol. The maximum absolute atomic E-state index is 9.66. The molecular formula is C20H27Cl2NO7S. The molecule has 0 atom stereocenters. The average molecular weight is 496 g/mol. The smallest absolute Gasteiger partial charge is 0.129 e. The van der Waals surface area contributed by atoms with Gasteiger partial charge in [0.25, 0.3) is 0 Å². The van der Waals surface area contributed by atoms with Gasteiger partial charge >= 0.3 is 0 Å². The monoisotopic (exact) mass is 495 g/mol. The lowest BCUT2D eigenvalue weighted by atomic mass is 10.0. The van der Waals surface area contributed by atoms with E-state index < -0.39 is 25.4 Å². The molecule has 0 spiro atoms. The predicted molar refractivity (Wildman–Crippen MR) is 120 cm³/mol. The normalized spacial score (nSPS) is 11.4. The van der Waals surface area contributed by atoms with Gasteiger partial charge in [-0.1, -0.05) is 35.0 Å². The van der Waals surface area contributed by atoms with Gasteiger partial charge in [-0.2, -0.15) is 0 Å². The first-order valence-corrected chi connectivity index (χ1v) is 10.8. The summed E-state index contributed by atoms with van der Waals surface area (Å²) in [5.41, 5.74) is -1.18. The number of hydrogen-bond donors (Lipinski definition) is 7. The second kappa shape index (κ2) is 14.0. The van der Waals surface area contributed by atoms with E-state index in [4.69, 9.17) is 48.7 Å². The molecule has 0 saturated carbocycles. The maximum atomic E-state index is 9.66. The molecule has 0 bridgehead atoms. The van der Waals surface area contributed by atoms with Gasteiger partial charge in [-0.15, -0.1) is 0 Å². The largest absolute Gasteiger partial charge is 0.507 e.